The predicted molar refractivity (Wildman–Crippen MR) is 124 cm³/mol. The second-order valence-corrected chi connectivity index (χ2v) is 9.60. The normalized spacial score (nSPS) is 24.6. The van der Waals surface area contributed by atoms with Crippen LogP contribution in [0.4, 0.5) is 4.39 Å². The fourth-order valence-electron chi connectivity index (χ4n) is 4.95. The summed E-state index contributed by atoms with van der Waals surface area (Å²) >= 11 is 5.64. The van der Waals surface area contributed by atoms with E-state index < -0.39 is 17.9 Å². The Morgan fingerprint density at radius 1 is 1.18 bits per heavy atom. The lowest BCUT2D eigenvalue weighted by atomic mass is 9.44. The molecule has 0 aliphatic heterocycles. The topological polar surface area (TPSA) is 109 Å². The molecule has 10 heteroatoms. The molecule has 3 N–H and O–H groups in total. The highest BCUT2D eigenvalue weighted by atomic mass is 35.5. The first kappa shape index (κ1) is 25.4. The third kappa shape index (κ3) is 6.00. The zero-order chi connectivity index (χ0) is 24.1. The zero-order valence-corrected chi connectivity index (χ0v) is 19.8. The van der Waals surface area contributed by atoms with E-state index in [1.165, 1.54) is 12.1 Å². The number of rotatable bonds is 14. The van der Waals surface area contributed by atoms with Crippen LogP contribution in [0, 0.1) is 10.7 Å². The number of carbonyl (C=O) groups excluding carboxylic acids is 2. The molecule has 2 amide bonds. The van der Waals surface area contributed by atoms with Crippen LogP contribution in [-0.4, -0.2) is 48.1 Å². The van der Waals surface area contributed by atoms with Gasteiger partial charge < -0.3 is 20.7 Å². The summed E-state index contributed by atoms with van der Waals surface area (Å²) in [6, 6.07) is 2.73. The maximum absolute atomic E-state index is 13.5. The number of benzene rings is 1. The largest absolute Gasteiger partial charge is 0.484 e. The van der Waals surface area contributed by atoms with Gasteiger partial charge in [0.15, 0.2) is 6.61 Å². The Labute approximate surface area is 198 Å². The molecule has 33 heavy (non-hydrogen) atoms. The summed E-state index contributed by atoms with van der Waals surface area (Å²) in [6.07, 6.45) is 5.33. The van der Waals surface area contributed by atoms with Crippen LogP contribution in [0.5, 0.6) is 5.75 Å². The number of halogens is 2. The van der Waals surface area contributed by atoms with Gasteiger partial charge in [-0.05, 0) is 44.4 Å². The van der Waals surface area contributed by atoms with Crippen molar-refractivity contribution >= 4 is 23.4 Å². The van der Waals surface area contributed by atoms with E-state index in [1.807, 2.05) is 6.92 Å². The molecule has 182 valence electrons. The third-order valence-electron chi connectivity index (χ3n) is 6.41. The maximum Gasteiger partial charge on any atom is 0.258 e. The Hall–Kier alpha value is -2.26. The van der Waals surface area contributed by atoms with E-state index in [1.54, 1.807) is 0 Å². The van der Waals surface area contributed by atoms with Gasteiger partial charge in [0, 0.05) is 17.1 Å². The highest BCUT2D eigenvalue weighted by Crippen LogP contribution is 2.60. The Morgan fingerprint density at radius 3 is 2.48 bits per heavy atom. The number of nitrogens with one attached hydrogen (secondary N) is 3. The van der Waals surface area contributed by atoms with E-state index in [4.69, 9.17) is 16.3 Å². The third-order valence-corrected chi connectivity index (χ3v) is 6.72. The minimum Gasteiger partial charge on any atom is -0.484 e. The highest BCUT2D eigenvalue weighted by Gasteiger charge is 2.69. The van der Waals surface area contributed by atoms with Gasteiger partial charge in [-0.2, -0.15) is 4.91 Å². The van der Waals surface area contributed by atoms with Crippen LogP contribution < -0.4 is 20.7 Å². The SMILES string of the molecule is CCCCCC(N=O)C(NCC)C(=O)NC12CC(NC(=O)COc3ccc(Cl)c(F)c3)(C1)C2. The van der Waals surface area contributed by atoms with Gasteiger partial charge in [0.25, 0.3) is 5.91 Å². The van der Waals surface area contributed by atoms with Crippen LogP contribution in [0.3, 0.4) is 0 Å². The lowest BCUT2D eigenvalue weighted by molar-refractivity contribution is -0.151. The number of nitroso groups, excluding NO2 is 1. The monoisotopic (exact) mass is 482 g/mol. The number of nitrogens with zero attached hydrogens (tertiary/aromatic N) is 1. The zero-order valence-electron chi connectivity index (χ0n) is 19.1. The van der Waals surface area contributed by atoms with Crippen molar-refractivity contribution in [3.63, 3.8) is 0 Å². The van der Waals surface area contributed by atoms with Gasteiger partial charge in [0.05, 0.1) is 5.02 Å². The van der Waals surface area contributed by atoms with Crippen molar-refractivity contribution in [3.8, 4) is 5.75 Å². The van der Waals surface area contributed by atoms with Gasteiger partial charge in [-0.1, -0.05) is 49.9 Å². The predicted octanol–water partition coefficient (Wildman–Crippen LogP) is 3.46. The molecular weight excluding hydrogens is 451 g/mol. The minimum atomic E-state index is -0.655. The molecule has 8 nitrogen and oxygen atoms in total. The van der Waals surface area contributed by atoms with Crippen molar-refractivity contribution in [1.29, 1.82) is 0 Å². The van der Waals surface area contributed by atoms with Gasteiger partial charge in [0.1, 0.15) is 23.7 Å². The fourth-order valence-corrected chi connectivity index (χ4v) is 5.06. The molecule has 2 unspecified atom stereocenters. The Morgan fingerprint density at radius 2 is 1.88 bits per heavy atom. The minimum absolute atomic E-state index is 0.0133. The summed E-state index contributed by atoms with van der Waals surface area (Å²) in [7, 11) is 0. The molecule has 0 saturated heterocycles. The summed E-state index contributed by atoms with van der Waals surface area (Å²) in [5, 5.41) is 12.3. The number of ether oxygens (including phenoxy) is 1. The lowest BCUT2D eigenvalue weighted by Gasteiger charge is -2.70. The van der Waals surface area contributed by atoms with Crippen molar-refractivity contribution in [3.05, 3.63) is 33.9 Å². The van der Waals surface area contributed by atoms with Crippen LogP contribution in [0.1, 0.15) is 58.8 Å². The van der Waals surface area contributed by atoms with Crippen LogP contribution >= 0.6 is 11.6 Å². The first-order chi connectivity index (χ1) is 15.7. The molecule has 2 atom stereocenters. The van der Waals surface area contributed by atoms with Crippen molar-refractivity contribution in [2.45, 2.75) is 82.0 Å². The van der Waals surface area contributed by atoms with Gasteiger partial charge >= 0.3 is 0 Å². The van der Waals surface area contributed by atoms with E-state index in [0.29, 0.717) is 32.2 Å². The molecule has 3 saturated carbocycles. The molecule has 1 aromatic carbocycles. The number of hydrogen-bond acceptors (Lipinski definition) is 6. The summed E-state index contributed by atoms with van der Waals surface area (Å²) in [5.41, 5.74) is -0.703. The van der Waals surface area contributed by atoms with E-state index >= 15 is 0 Å². The first-order valence-corrected chi connectivity index (χ1v) is 11.9. The standard InChI is InChI=1S/C23H32ClFN4O4/c1-3-5-6-7-18(29-32)20(26-4-2)21(31)28-23-12-22(13-23,14-23)27-19(30)11-33-15-8-9-16(24)17(25)10-15/h8-10,18,20,26H,3-7,11-14H2,1-2H3,(H,27,30)(H,28,31). The average Bonchev–Trinajstić information content (AvgIpc) is 2.74. The molecule has 0 aromatic heterocycles. The fraction of sp³-hybridized carbons (Fsp3) is 0.652. The molecule has 1 aromatic rings. The Balaban J connectivity index is 1.45. The molecule has 3 aliphatic carbocycles. The number of hydrogen-bond donors (Lipinski definition) is 3. The molecule has 3 fully saturated rings. The summed E-state index contributed by atoms with van der Waals surface area (Å²) in [6.45, 7) is 4.29. The van der Waals surface area contributed by atoms with Crippen LogP contribution in [0.15, 0.2) is 23.4 Å². The average molecular weight is 483 g/mol. The molecule has 2 bridgehead atoms. The Bertz CT molecular complexity index is 864. The molecule has 3 aliphatic rings. The number of likely N-dealkylation sites (N-methyl/N-ethyl adjacent to an activating group) is 1. The number of amides is 2. The summed E-state index contributed by atoms with van der Waals surface area (Å²) in [5.74, 6) is -0.914. The summed E-state index contributed by atoms with van der Waals surface area (Å²) < 4.78 is 18.8. The highest BCUT2D eigenvalue weighted by molar-refractivity contribution is 6.30. The lowest BCUT2D eigenvalue weighted by Crippen LogP contribution is -2.84. The quantitative estimate of drug-likeness (QED) is 0.278. The molecule has 0 radical (unpaired) electrons. The van der Waals surface area contributed by atoms with Gasteiger partial charge in [0.2, 0.25) is 5.91 Å². The first-order valence-electron chi connectivity index (χ1n) is 11.5. The maximum atomic E-state index is 13.5. The van der Waals surface area contributed by atoms with Crippen LogP contribution in [0.25, 0.3) is 0 Å². The number of unbranched alkanes of at least 4 members (excludes halogenated alkanes) is 2. The van der Waals surface area contributed by atoms with E-state index in [2.05, 4.69) is 28.1 Å². The smallest absolute Gasteiger partial charge is 0.258 e. The summed E-state index contributed by atoms with van der Waals surface area (Å²) in [4.78, 5) is 36.6. The van der Waals surface area contributed by atoms with Crippen molar-refractivity contribution in [2.24, 2.45) is 5.18 Å². The molecular formula is C23H32ClFN4O4. The van der Waals surface area contributed by atoms with Crippen molar-refractivity contribution in [1.82, 2.24) is 16.0 Å². The van der Waals surface area contributed by atoms with Gasteiger partial charge in [-0.3, -0.25) is 9.59 Å². The molecule has 4 rings (SSSR count). The van der Waals surface area contributed by atoms with Gasteiger partial charge in [-0.15, -0.1) is 0 Å². The van der Waals surface area contributed by atoms with Gasteiger partial charge in [-0.25, -0.2) is 4.39 Å². The Kier molecular flexibility index (Phi) is 8.28. The van der Waals surface area contributed by atoms with Crippen LogP contribution in [0.2, 0.25) is 5.02 Å². The van der Waals surface area contributed by atoms with Crippen molar-refractivity contribution < 1.29 is 18.7 Å². The second kappa shape index (κ2) is 10.8. The van der Waals surface area contributed by atoms with E-state index in [-0.39, 0.29) is 40.3 Å². The second-order valence-electron chi connectivity index (χ2n) is 9.20. The number of carbonyl (C=O) groups is 2. The molecule has 0 spiro atoms. The van der Waals surface area contributed by atoms with Crippen LogP contribution in [-0.2, 0) is 9.59 Å². The van der Waals surface area contributed by atoms with Crippen molar-refractivity contribution in [2.75, 3.05) is 13.2 Å². The molecule has 0 heterocycles. The van der Waals surface area contributed by atoms with E-state index in [0.717, 1.165) is 25.3 Å². The van der Waals surface area contributed by atoms with E-state index in [9.17, 15) is 18.9 Å².